The summed E-state index contributed by atoms with van der Waals surface area (Å²) in [7, 11) is 0. The number of rotatable bonds is 2. The molecule has 0 radical (unpaired) electrons. The molecule has 1 amide bonds. The van der Waals surface area contributed by atoms with Gasteiger partial charge in [-0.1, -0.05) is 0 Å². The molecule has 1 N–H and O–H groups in total. The van der Waals surface area contributed by atoms with E-state index in [9.17, 15) is 9.59 Å². The SMILES string of the molecule is Cc1ccc(N2C[C@H](C(=O)O)OC2=O)s1. The quantitative estimate of drug-likeness (QED) is 0.830. The molecule has 1 aromatic rings. The molecular weight excluding hydrogens is 218 g/mol. The molecule has 0 aliphatic carbocycles. The van der Waals surface area contributed by atoms with Gasteiger partial charge in [-0.05, 0) is 19.1 Å². The van der Waals surface area contributed by atoms with Gasteiger partial charge in [0.2, 0.25) is 6.10 Å². The van der Waals surface area contributed by atoms with Gasteiger partial charge in [0, 0.05) is 4.88 Å². The number of aliphatic carboxylic acids is 1. The Balaban J connectivity index is 2.18. The van der Waals surface area contributed by atoms with Crippen LogP contribution >= 0.6 is 11.3 Å². The highest BCUT2D eigenvalue weighted by atomic mass is 32.1. The molecule has 1 aliphatic rings. The Bertz CT molecular complexity index is 414. The summed E-state index contributed by atoms with van der Waals surface area (Å²) in [5, 5.41) is 9.42. The number of carboxylic acid groups (broad SMARTS) is 1. The fraction of sp³-hybridized carbons (Fsp3) is 0.333. The Morgan fingerprint density at radius 2 is 2.40 bits per heavy atom. The zero-order valence-corrected chi connectivity index (χ0v) is 8.78. The van der Waals surface area contributed by atoms with E-state index in [-0.39, 0.29) is 6.54 Å². The standard InChI is InChI=1S/C9H9NO4S/c1-5-2-3-7(15-5)10-4-6(8(11)12)14-9(10)13/h2-3,6H,4H2,1H3,(H,11,12)/t6-/m1/s1. The molecule has 0 unspecified atom stereocenters. The summed E-state index contributed by atoms with van der Waals surface area (Å²) in [4.78, 5) is 24.4. The predicted molar refractivity (Wildman–Crippen MR) is 54.3 cm³/mol. The second-order valence-electron chi connectivity index (χ2n) is 3.21. The predicted octanol–water partition coefficient (Wildman–Crippen LogP) is 1.47. The van der Waals surface area contributed by atoms with Gasteiger partial charge in [-0.2, -0.15) is 0 Å². The van der Waals surface area contributed by atoms with Crippen LogP contribution in [-0.2, 0) is 9.53 Å². The topological polar surface area (TPSA) is 66.8 Å². The van der Waals surface area contributed by atoms with Crippen LogP contribution in [-0.4, -0.2) is 29.8 Å². The number of nitrogens with zero attached hydrogens (tertiary/aromatic N) is 1. The van der Waals surface area contributed by atoms with Crippen LogP contribution < -0.4 is 4.90 Å². The van der Waals surface area contributed by atoms with Crippen LogP contribution in [0.4, 0.5) is 9.80 Å². The van der Waals surface area contributed by atoms with E-state index in [1.54, 1.807) is 6.07 Å². The van der Waals surface area contributed by atoms with E-state index >= 15 is 0 Å². The Morgan fingerprint density at radius 3 is 2.87 bits per heavy atom. The van der Waals surface area contributed by atoms with Crippen LogP contribution in [0.3, 0.4) is 0 Å². The first-order chi connectivity index (χ1) is 7.08. The average Bonchev–Trinajstić information content (AvgIpc) is 2.71. The van der Waals surface area contributed by atoms with Crippen molar-refractivity contribution in [2.45, 2.75) is 13.0 Å². The third-order valence-corrected chi connectivity index (χ3v) is 3.10. The van der Waals surface area contributed by atoms with Crippen molar-refractivity contribution in [2.75, 3.05) is 11.4 Å². The molecule has 1 atom stereocenters. The molecule has 0 bridgehead atoms. The number of hydrogen-bond donors (Lipinski definition) is 1. The minimum absolute atomic E-state index is 0.0775. The Labute approximate surface area is 89.9 Å². The zero-order valence-electron chi connectivity index (χ0n) is 7.97. The molecule has 1 saturated heterocycles. The molecule has 2 heterocycles. The molecule has 1 fully saturated rings. The first-order valence-electron chi connectivity index (χ1n) is 4.35. The number of carboxylic acids is 1. The van der Waals surface area contributed by atoms with Gasteiger partial charge >= 0.3 is 12.1 Å². The molecular formula is C9H9NO4S. The number of aryl methyl sites for hydroxylation is 1. The van der Waals surface area contributed by atoms with Crippen LogP contribution in [0, 0.1) is 6.92 Å². The van der Waals surface area contributed by atoms with E-state index in [0.29, 0.717) is 0 Å². The first-order valence-corrected chi connectivity index (χ1v) is 5.17. The van der Waals surface area contributed by atoms with Crippen molar-refractivity contribution in [3.05, 3.63) is 17.0 Å². The fourth-order valence-electron chi connectivity index (χ4n) is 1.34. The lowest BCUT2D eigenvalue weighted by molar-refractivity contribution is -0.144. The maximum Gasteiger partial charge on any atom is 0.415 e. The summed E-state index contributed by atoms with van der Waals surface area (Å²) in [5.74, 6) is -1.11. The number of cyclic esters (lactones) is 1. The van der Waals surface area contributed by atoms with E-state index in [1.165, 1.54) is 16.2 Å². The maximum atomic E-state index is 11.3. The average molecular weight is 227 g/mol. The van der Waals surface area contributed by atoms with Gasteiger partial charge in [-0.3, -0.25) is 4.90 Å². The van der Waals surface area contributed by atoms with Gasteiger partial charge in [0.15, 0.2) is 0 Å². The van der Waals surface area contributed by atoms with Crippen molar-refractivity contribution < 1.29 is 19.4 Å². The highest BCUT2D eigenvalue weighted by Gasteiger charge is 2.37. The summed E-state index contributed by atoms with van der Waals surface area (Å²) in [5.41, 5.74) is 0. The lowest BCUT2D eigenvalue weighted by Gasteiger charge is -2.08. The van der Waals surface area contributed by atoms with Gasteiger partial charge in [0.1, 0.15) is 5.00 Å². The minimum Gasteiger partial charge on any atom is -0.478 e. The molecule has 0 spiro atoms. The van der Waals surface area contributed by atoms with Gasteiger partial charge < -0.3 is 9.84 Å². The van der Waals surface area contributed by atoms with Crippen LogP contribution in [0.2, 0.25) is 0 Å². The highest BCUT2D eigenvalue weighted by Crippen LogP contribution is 2.29. The summed E-state index contributed by atoms with van der Waals surface area (Å²) in [6, 6.07) is 3.66. The number of ether oxygens (including phenoxy) is 1. The Kier molecular flexibility index (Phi) is 2.36. The summed E-state index contributed by atoms with van der Waals surface area (Å²) in [6.07, 6.45) is -1.65. The maximum absolute atomic E-state index is 11.3. The Hall–Kier alpha value is -1.56. The molecule has 1 aromatic heterocycles. The molecule has 5 nitrogen and oxygen atoms in total. The first kappa shape index (κ1) is 9.97. The normalized spacial score (nSPS) is 20.5. The van der Waals surface area contributed by atoms with E-state index < -0.39 is 18.2 Å². The second kappa shape index (κ2) is 3.54. The molecule has 2 rings (SSSR count). The second-order valence-corrected chi connectivity index (χ2v) is 4.47. The van der Waals surface area contributed by atoms with E-state index in [2.05, 4.69) is 0 Å². The summed E-state index contributed by atoms with van der Waals surface area (Å²) < 4.78 is 4.69. The lowest BCUT2D eigenvalue weighted by atomic mass is 10.3. The molecule has 0 saturated carbocycles. The summed E-state index contributed by atoms with van der Waals surface area (Å²) >= 11 is 1.43. The van der Waals surface area contributed by atoms with E-state index in [4.69, 9.17) is 9.84 Å². The highest BCUT2D eigenvalue weighted by molar-refractivity contribution is 7.16. The van der Waals surface area contributed by atoms with Gasteiger partial charge in [-0.25, -0.2) is 9.59 Å². The Morgan fingerprint density at radius 1 is 1.67 bits per heavy atom. The van der Waals surface area contributed by atoms with E-state index in [0.717, 1.165) is 9.88 Å². The molecule has 15 heavy (non-hydrogen) atoms. The third-order valence-electron chi connectivity index (χ3n) is 2.08. The van der Waals surface area contributed by atoms with E-state index in [1.807, 2.05) is 13.0 Å². The summed E-state index contributed by atoms with van der Waals surface area (Å²) in [6.45, 7) is 2.00. The smallest absolute Gasteiger partial charge is 0.415 e. The zero-order chi connectivity index (χ0) is 11.0. The van der Waals surface area contributed by atoms with Crippen molar-refractivity contribution in [2.24, 2.45) is 0 Å². The van der Waals surface area contributed by atoms with Crippen molar-refractivity contribution in [3.63, 3.8) is 0 Å². The number of thiophene rings is 1. The van der Waals surface area contributed by atoms with Crippen LogP contribution in [0.25, 0.3) is 0 Å². The monoisotopic (exact) mass is 227 g/mol. The molecule has 80 valence electrons. The fourth-order valence-corrected chi connectivity index (χ4v) is 2.20. The van der Waals surface area contributed by atoms with Gasteiger partial charge in [0.05, 0.1) is 6.54 Å². The number of hydrogen-bond acceptors (Lipinski definition) is 4. The van der Waals surface area contributed by atoms with Gasteiger partial charge in [-0.15, -0.1) is 11.3 Å². The van der Waals surface area contributed by atoms with Crippen molar-refractivity contribution in [3.8, 4) is 0 Å². The number of amides is 1. The van der Waals surface area contributed by atoms with Crippen LogP contribution in [0.5, 0.6) is 0 Å². The molecule has 6 heteroatoms. The third kappa shape index (κ3) is 1.80. The molecule has 0 aromatic carbocycles. The number of anilines is 1. The number of carbonyl (C=O) groups excluding carboxylic acids is 1. The number of carbonyl (C=O) groups is 2. The largest absolute Gasteiger partial charge is 0.478 e. The lowest BCUT2D eigenvalue weighted by Crippen LogP contribution is -2.26. The van der Waals surface area contributed by atoms with Crippen LogP contribution in [0.15, 0.2) is 12.1 Å². The van der Waals surface area contributed by atoms with Crippen molar-refractivity contribution in [1.29, 1.82) is 0 Å². The van der Waals surface area contributed by atoms with Crippen molar-refractivity contribution in [1.82, 2.24) is 0 Å². The van der Waals surface area contributed by atoms with Gasteiger partial charge in [0.25, 0.3) is 0 Å². The van der Waals surface area contributed by atoms with Crippen LogP contribution in [0.1, 0.15) is 4.88 Å². The molecule has 1 aliphatic heterocycles. The van der Waals surface area contributed by atoms with Crippen molar-refractivity contribution >= 4 is 28.4 Å². The minimum atomic E-state index is -1.11.